The van der Waals surface area contributed by atoms with E-state index in [-0.39, 0.29) is 23.3 Å². The second kappa shape index (κ2) is 9.45. The summed E-state index contributed by atoms with van der Waals surface area (Å²) in [5.74, 6) is 0.517. The molecule has 0 fully saturated rings. The van der Waals surface area contributed by atoms with Gasteiger partial charge < -0.3 is 15.2 Å². The Morgan fingerprint density at radius 1 is 1.15 bits per heavy atom. The molecule has 146 valence electrons. The van der Waals surface area contributed by atoms with Crippen LogP contribution in [0.25, 0.3) is 0 Å². The number of aromatic nitrogens is 1. The normalized spacial score (nSPS) is 11.3. The number of hydrogen-bond acceptors (Lipinski definition) is 5. The molecule has 0 unspecified atom stereocenters. The van der Waals surface area contributed by atoms with E-state index in [1.54, 1.807) is 13.0 Å². The molecule has 0 aliphatic heterocycles. The Hall–Kier alpha value is -2.49. The molecular formula is C17H18F3N3O3S. The van der Waals surface area contributed by atoms with Crippen molar-refractivity contribution in [2.24, 2.45) is 0 Å². The fourth-order valence-electron chi connectivity index (χ4n) is 2.10. The van der Waals surface area contributed by atoms with Gasteiger partial charge in [-0.25, -0.2) is 0 Å². The van der Waals surface area contributed by atoms with Crippen molar-refractivity contribution in [3.05, 3.63) is 47.2 Å². The quantitative estimate of drug-likeness (QED) is 0.710. The van der Waals surface area contributed by atoms with Crippen LogP contribution in [-0.4, -0.2) is 35.0 Å². The molecule has 2 amide bonds. The van der Waals surface area contributed by atoms with Crippen LogP contribution in [0.15, 0.2) is 34.9 Å². The summed E-state index contributed by atoms with van der Waals surface area (Å²) in [4.78, 5) is 23.4. The fraction of sp³-hybridized carbons (Fsp3) is 0.353. The van der Waals surface area contributed by atoms with Gasteiger partial charge in [0.1, 0.15) is 5.76 Å². The number of amides is 2. The van der Waals surface area contributed by atoms with Gasteiger partial charge >= 0.3 is 6.18 Å². The first-order chi connectivity index (χ1) is 12.7. The maximum atomic E-state index is 12.5. The van der Waals surface area contributed by atoms with Gasteiger partial charge in [-0.2, -0.15) is 13.2 Å². The van der Waals surface area contributed by atoms with Gasteiger partial charge in [0.2, 0.25) is 11.8 Å². The standard InChI is InChI=1S/C17H18F3N3O3S/c1-11-8-14(23-26-11)22-16(25)10-27-9-15(24)21-7-6-12-2-4-13(5-3-12)17(18,19)20/h2-5,8H,6-7,9-10H2,1H3,(H,21,24)(H,22,23,25). The minimum atomic E-state index is -4.36. The van der Waals surface area contributed by atoms with Crippen LogP contribution in [0.5, 0.6) is 0 Å². The van der Waals surface area contributed by atoms with Crippen molar-refractivity contribution in [2.75, 3.05) is 23.4 Å². The SMILES string of the molecule is Cc1cc(NC(=O)CSCC(=O)NCCc2ccc(C(F)(F)F)cc2)no1. The Labute approximate surface area is 157 Å². The molecule has 0 bridgehead atoms. The van der Waals surface area contributed by atoms with E-state index >= 15 is 0 Å². The number of aryl methyl sites for hydroxylation is 1. The molecule has 0 aliphatic rings. The van der Waals surface area contributed by atoms with Crippen LogP contribution in [0.4, 0.5) is 19.0 Å². The van der Waals surface area contributed by atoms with E-state index in [0.717, 1.165) is 23.9 Å². The van der Waals surface area contributed by atoms with Gasteiger partial charge in [0, 0.05) is 12.6 Å². The van der Waals surface area contributed by atoms with Gasteiger partial charge in [-0.05, 0) is 31.0 Å². The van der Waals surface area contributed by atoms with Crippen molar-refractivity contribution < 1.29 is 27.3 Å². The second-order valence-corrected chi connectivity index (χ2v) is 6.64. The highest BCUT2D eigenvalue weighted by molar-refractivity contribution is 8.00. The van der Waals surface area contributed by atoms with E-state index in [1.165, 1.54) is 12.1 Å². The number of alkyl halides is 3. The second-order valence-electron chi connectivity index (χ2n) is 5.66. The van der Waals surface area contributed by atoms with Crippen LogP contribution in [0.1, 0.15) is 16.9 Å². The van der Waals surface area contributed by atoms with E-state index in [1.807, 2.05) is 0 Å². The van der Waals surface area contributed by atoms with Crippen LogP contribution in [-0.2, 0) is 22.2 Å². The maximum Gasteiger partial charge on any atom is 0.416 e. The minimum Gasteiger partial charge on any atom is -0.360 e. The summed E-state index contributed by atoms with van der Waals surface area (Å²) in [6.07, 6.45) is -3.94. The number of nitrogens with zero attached hydrogens (tertiary/aromatic N) is 1. The zero-order valence-corrected chi connectivity index (χ0v) is 15.2. The summed E-state index contributed by atoms with van der Waals surface area (Å²) in [5.41, 5.74) is -0.0102. The number of hydrogen-bond donors (Lipinski definition) is 2. The van der Waals surface area contributed by atoms with Crippen molar-refractivity contribution in [1.29, 1.82) is 0 Å². The molecule has 1 aromatic carbocycles. The number of halogens is 3. The molecule has 0 aliphatic carbocycles. The van der Waals surface area contributed by atoms with Crippen LogP contribution < -0.4 is 10.6 Å². The zero-order chi connectivity index (χ0) is 19.9. The monoisotopic (exact) mass is 401 g/mol. The zero-order valence-electron chi connectivity index (χ0n) is 14.4. The third-order valence-electron chi connectivity index (χ3n) is 3.38. The molecule has 6 nitrogen and oxygen atoms in total. The Bertz CT molecular complexity index is 776. The Morgan fingerprint density at radius 3 is 2.41 bits per heavy atom. The summed E-state index contributed by atoms with van der Waals surface area (Å²) in [6, 6.07) is 6.39. The lowest BCUT2D eigenvalue weighted by Gasteiger charge is -2.08. The van der Waals surface area contributed by atoms with Crippen molar-refractivity contribution in [1.82, 2.24) is 10.5 Å². The van der Waals surface area contributed by atoms with Gasteiger partial charge in [-0.15, -0.1) is 11.8 Å². The maximum absolute atomic E-state index is 12.5. The number of carbonyl (C=O) groups excluding carboxylic acids is 2. The van der Waals surface area contributed by atoms with Crippen molar-refractivity contribution in [2.45, 2.75) is 19.5 Å². The predicted molar refractivity (Wildman–Crippen MR) is 95.4 cm³/mol. The number of thioether (sulfide) groups is 1. The molecule has 1 aromatic heterocycles. The molecule has 0 atom stereocenters. The molecule has 2 rings (SSSR count). The van der Waals surface area contributed by atoms with E-state index in [0.29, 0.717) is 30.1 Å². The molecule has 27 heavy (non-hydrogen) atoms. The van der Waals surface area contributed by atoms with E-state index < -0.39 is 11.7 Å². The summed E-state index contributed by atoms with van der Waals surface area (Å²) >= 11 is 1.14. The van der Waals surface area contributed by atoms with Crippen molar-refractivity contribution in [3.63, 3.8) is 0 Å². The van der Waals surface area contributed by atoms with Crippen LogP contribution >= 0.6 is 11.8 Å². The van der Waals surface area contributed by atoms with Crippen LogP contribution in [0.3, 0.4) is 0 Å². The lowest BCUT2D eigenvalue weighted by atomic mass is 10.1. The van der Waals surface area contributed by atoms with Gasteiger partial charge in [0.15, 0.2) is 5.82 Å². The summed E-state index contributed by atoms with van der Waals surface area (Å²) in [6.45, 7) is 2.00. The van der Waals surface area contributed by atoms with E-state index in [2.05, 4.69) is 15.8 Å². The molecule has 0 spiro atoms. The molecule has 2 N–H and O–H groups in total. The number of rotatable bonds is 8. The Balaban J connectivity index is 1.61. The Kier molecular flexibility index (Phi) is 7.28. The molecule has 0 saturated carbocycles. The van der Waals surface area contributed by atoms with E-state index in [4.69, 9.17) is 4.52 Å². The van der Waals surface area contributed by atoms with Gasteiger partial charge in [0.25, 0.3) is 0 Å². The lowest BCUT2D eigenvalue weighted by molar-refractivity contribution is -0.137. The fourth-order valence-corrected chi connectivity index (χ4v) is 2.75. The van der Waals surface area contributed by atoms with E-state index in [9.17, 15) is 22.8 Å². The lowest BCUT2D eigenvalue weighted by Crippen LogP contribution is -2.28. The number of nitrogens with one attached hydrogen (secondary N) is 2. The minimum absolute atomic E-state index is 0.0816. The van der Waals surface area contributed by atoms with Crippen LogP contribution in [0.2, 0.25) is 0 Å². The first-order valence-corrected chi connectivity index (χ1v) is 9.13. The largest absolute Gasteiger partial charge is 0.416 e. The molecule has 10 heteroatoms. The highest BCUT2D eigenvalue weighted by Crippen LogP contribution is 2.29. The molecule has 2 aromatic rings. The third kappa shape index (κ3) is 7.33. The predicted octanol–water partition coefficient (Wildman–Crippen LogP) is 3.03. The van der Waals surface area contributed by atoms with Gasteiger partial charge in [0.05, 0.1) is 17.1 Å². The first kappa shape index (κ1) is 20.8. The number of carbonyl (C=O) groups is 2. The third-order valence-corrected chi connectivity index (χ3v) is 4.31. The highest BCUT2D eigenvalue weighted by atomic mass is 32.2. The summed E-state index contributed by atoms with van der Waals surface area (Å²) in [7, 11) is 0. The smallest absolute Gasteiger partial charge is 0.360 e. The average molecular weight is 401 g/mol. The molecule has 1 heterocycles. The molecule has 0 saturated heterocycles. The summed E-state index contributed by atoms with van der Waals surface area (Å²) in [5, 5.41) is 8.83. The van der Waals surface area contributed by atoms with Gasteiger partial charge in [-0.1, -0.05) is 17.3 Å². The summed E-state index contributed by atoms with van der Waals surface area (Å²) < 4.78 is 42.3. The van der Waals surface area contributed by atoms with Gasteiger partial charge in [-0.3, -0.25) is 9.59 Å². The molecular weight excluding hydrogens is 383 g/mol. The molecule has 0 radical (unpaired) electrons. The van der Waals surface area contributed by atoms with Crippen LogP contribution in [0, 0.1) is 6.92 Å². The van der Waals surface area contributed by atoms with Crippen molar-refractivity contribution in [3.8, 4) is 0 Å². The Morgan fingerprint density at radius 2 is 1.81 bits per heavy atom. The van der Waals surface area contributed by atoms with Crippen molar-refractivity contribution >= 4 is 29.4 Å². The number of benzene rings is 1. The highest BCUT2D eigenvalue weighted by Gasteiger charge is 2.29. The number of anilines is 1. The average Bonchev–Trinajstić information content (AvgIpc) is 2.99. The first-order valence-electron chi connectivity index (χ1n) is 7.98. The topological polar surface area (TPSA) is 84.2 Å².